The molecule has 2 N–H and O–H groups in total. The second kappa shape index (κ2) is 12.9. The summed E-state index contributed by atoms with van der Waals surface area (Å²) < 4.78 is 2.07. The van der Waals surface area contributed by atoms with Crippen molar-refractivity contribution in [2.45, 2.75) is 52.7 Å². The van der Waals surface area contributed by atoms with E-state index < -0.39 is 0 Å². The Labute approximate surface area is 197 Å². The zero-order valence-electron chi connectivity index (χ0n) is 18.5. The van der Waals surface area contributed by atoms with Crippen LogP contribution in [-0.4, -0.2) is 52.3 Å². The number of piperidine rings is 1. The van der Waals surface area contributed by atoms with Crippen molar-refractivity contribution >= 4 is 29.9 Å². The number of benzene rings is 1. The minimum atomic E-state index is 0. The van der Waals surface area contributed by atoms with Crippen molar-refractivity contribution in [3.05, 3.63) is 47.5 Å². The second-order valence-corrected chi connectivity index (χ2v) is 7.95. The Hall–Kier alpha value is -1.68. The summed E-state index contributed by atoms with van der Waals surface area (Å²) >= 11 is 0. The number of rotatable bonds is 8. The highest BCUT2D eigenvalue weighted by atomic mass is 127. The van der Waals surface area contributed by atoms with Crippen LogP contribution in [0, 0.1) is 5.92 Å². The van der Waals surface area contributed by atoms with Crippen molar-refractivity contribution < 1.29 is 0 Å². The third kappa shape index (κ3) is 7.54. The Bertz CT molecular complexity index is 772. The zero-order chi connectivity index (χ0) is 20.5. The van der Waals surface area contributed by atoms with Gasteiger partial charge < -0.3 is 15.2 Å². The van der Waals surface area contributed by atoms with E-state index in [1.54, 1.807) is 13.4 Å². The lowest BCUT2D eigenvalue weighted by Crippen LogP contribution is -2.38. The number of aryl methyl sites for hydroxylation is 1. The fourth-order valence-corrected chi connectivity index (χ4v) is 3.89. The van der Waals surface area contributed by atoms with E-state index in [-0.39, 0.29) is 24.0 Å². The number of aliphatic imine (C=N–C) groups is 1. The topological polar surface area (TPSA) is 70.4 Å². The smallest absolute Gasteiger partial charge is 0.191 e. The van der Waals surface area contributed by atoms with Gasteiger partial charge in [-0.2, -0.15) is 0 Å². The molecule has 0 spiro atoms. The average Bonchev–Trinajstić information content (AvgIpc) is 3.19. The summed E-state index contributed by atoms with van der Waals surface area (Å²) in [6, 6.07) is 8.94. The van der Waals surface area contributed by atoms with Crippen molar-refractivity contribution in [3.8, 4) is 0 Å². The monoisotopic (exact) mass is 525 g/mol. The molecule has 0 bridgehead atoms. The third-order valence-corrected chi connectivity index (χ3v) is 5.51. The molecule has 1 unspecified atom stereocenters. The summed E-state index contributed by atoms with van der Waals surface area (Å²) in [5, 5.41) is 14.8. The van der Waals surface area contributed by atoms with E-state index in [0.717, 1.165) is 50.3 Å². The summed E-state index contributed by atoms with van der Waals surface area (Å²) in [4.78, 5) is 6.89. The van der Waals surface area contributed by atoms with Crippen LogP contribution < -0.4 is 10.6 Å². The Morgan fingerprint density at radius 2 is 1.97 bits per heavy atom. The molecule has 30 heavy (non-hydrogen) atoms. The number of likely N-dealkylation sites (tertiary alicyclic amines) is 1. The van der Waals surface area contributed by atoms with Crippen LogP contribution in [0.4, 0.5) is 0 Å². The first-order chi connectivity index (χ1) is 14.2. The molecule has 1 aliphatic heterocycles. The minimum absolute atomic E-state index is 0. The van der Waals surface area contributed by atoms with Gasteiger partial charge in [0.05, 0.1) is 0 Å². The minimum Gasteiger partial charge on any atom is -0.355 e. The van der Waals surface area contributed by atoms with Crippen molar-refractivity contribution in [1.82, 2.24) is 30.3 Å². The molecule has 0 saturated carbocycles. The van der Waals surface area contributed by atoms with Crippen LogP contribution in [0.1, 0.15) is 43.6 Å². The van der Waals surface area contributed by atoms with Crippen LogP contribution in [0.2, 0.25) is 0 Å². The molecule has 2 heterocycles. The molecule has 0 aliphatic carbocycles. The number of nitrogens with zero attached hydrogens (tertiary/aromatic N) is 5. The number of nitrogens with one attached hydrogen (secondary N) is 2. The van der Waals surface area contributed by atoms with Crippen LogP contribution in [-0.2, 0) is 26.1 Å². The highest BCUT2D eigenvalue weighted by Crippen LogP contribution is 2.18. The highest BCUT2D eigenvalue weighted by Gasteiger charge is 2.16. The fourth-order valence-electron chi connectivity index (χ4n) is 3.89. The predicted octanol–water partition coefficient (Wildman–Crippen LogP) is 3.06. The average molecular weight is 525 g/mol. The molecular weight excluding hydrogens is 489 g/mol. The van der Waals surface area contributed by atoms with E-state index in [0.29, 0.717) is 0 Å². The molecule has 2 aromatic rings. The lowest BCUT2D eigenvalue weighted by atomic mass is 9.99. The van der Waals surface area contributed by atoms with Gasteiger partial charge in [-0.3, -0.25) is 9.89 Å². The molecule has 0 amide bonds. The number of guanidine groups is 1. The van der Waals surface area contributed by atoms with Crippen molar-refractivity contribution in [2.75, 3.05) is 26.7 Å². The summed E-state index contributed by atoms with van der Waals surface area (Å²) in [5.74, 6) is 2.64. The van der Waals surface area contributed by atoms with Crippen molar-refractivity contribution in [3.63, 3.8) is 0 Å². The van der Waals surface area contributed by atoms with Gasteiger partial charge in [-0.25, -0.2) is 0 Å². The van der Waals surface area contributed by atoms with E-state index in [9.17, 15) is 0 Å². The fraction of sp³-hybridized carbons (Fsp3) is 0.591. The quantitative estimate of drug-likeness (QED) is 0.315. The number of hydrogen-bond acceptors (Lipinski definition) is 4. The molecule has 1 aromatic carbocycles. The van der Waals surface area contributed by atoms with Gasteiger partial charge in [0, 0.05) is 46.2 Å². The maximum atomic E-state index is 4.31. The number of hydrogen-bond donors (Lipinski definition) is 2. The first-order valence-electron chi connectivity index (χ1n) is 10.8. The molecule has 0 radical (unpaired) electrons. The van der Waals surface area contributed by atoms with Gasteiger partial charge in [-0.15, -0.1) is 34.2 Å². The van der Waals surface area contributed by atoms with Crippen LogP contribution in [0.5, 0.6) is 0 Å². The Balaban J connectivity index is 0.00000320. The van der Waals surface area contributed by atoms with E-state index in [2.05, 4.69) is 73.4 Å². The van der Waals surface area contributed by atoms with Crippen LogP contribution in [0.15, 0.2) is 35.6 Å². The summed E-state index contributed by atoms with van der Waals surface area (Å²) in [5.41, 5.74) is 2.65. The first-order valence-corrected chi connectivity index (χ1v) is 10.8. The molecule has 7 nitrogen and oxygen atoms in total. The van der Waals surface area contributed by atoms with E-state index in [4.69, 9.17) is 0 Å². The summed E-state index contributed by atoms with van der Waals surface area (Å²) in [6.07, 6.45) is 5.37. The number of aromatic nitrogens is 3. The van der Waals surface area contributed by atoms with Crippen LogP contribution in [0.25, 0.3) is 0 Å². The lowest BCUT2D eigenvalue weighted by molar-refractivity contribution is 0.176. The maximum Gasteiger partial charge on any atom is 0.191 e. The van der Waals surface area contributed by atoms with Crippen molar-refractivity contribution in [1.29, 1.82) is 0 Å². The summed E-state index contributed by atoms with van der Waals surface area (Å²) in [6.45, 7) is 10.3. The molecule has 1 saturated heterocycles. The molecular formula is C22H36IN7. The standard InChI is InChI=1S/C22H35N7.HI/c1-4-21-27-26-17-29(21)13-11-24-22(23-3)25-14-19-7-9-20(10-8-19)16-28-12-5-6-18(2)15-28;/h7-10,17-18H,4-6,11-16H2,1-3H3,(H2,23,24,25);1H. The van der Waals surface area contributed by atoms with Gasteiger partial charge in [0.25, 0.3) is 0 Å². The van der Waals surface area contributed by atoms with Gasteiger partial charge in [0.1, 0.15) is 12.2 Å². The lowest BCUT2D eigenvalue weighted by Gasteiger charge is -2.30. The van der Waals surface area contributed by atoms with E-state index >= 15 is 0 Å². The van der Waals surface area contributed by atoms with Crippen LogP contribution in [0.3, 0.4) is 0 Å². The third-order valence-electron chi connectivity index (χ3n) is 5.51. The zero-order valence-corrected chi connectivity index (χ0v) is 20.8. The normalized spacial score (nSPS) is 17.4. The van der Waals surface area contributed by atoms with Gasteiger partial charge in [0.2, 0.25) is 0 Å². The molecule has 166 valence electrons. The van der Waals surface area contributed by atoms with E-state index in [1.165, 1.54) is 37.1 Å². The van der Waals surface area contributed by atoms with Gasteiger partial charge >= 0.3 is 0 Å². The largest absolute Gasteiger partial charge is 0.355 e. The second-order valence-electron chi connectivity index (χ2n) is 7.95. The molecule has 1 aromatic heterocycles. The molecule has 1 fully saturated rings. The molecule has 8 heteroatoms. The highest BCUT2D eigenvalue weighted by molar-refractivity contribution is 14.0. The SMILES string of the molecule is CCc1nncn1CCNC(=NC)NCc1ccc(CN2CCCC(C)C2)cc1.I. The van der Waals surface area contributed by atoms with Gasteiger partial charge in [-0.1, -0.05) is 38.1 Å². The van der Waals surface area contributed by atoms with Gasteiger partial charge in [-0.05, 0) is 36.4 Å². The summed E-state index contributed by atoms with van der Waals surface area (Å²) in [7, 11) is 1.80. The van der Waals surface area contributed by atoms with Crippen LogP contribution >= 0.6 is 24.0 Å². The maximum absolute atomic E-state index is 4.31. The molecule has 1 atom stereocenters. The molecule has 3 rings (SSSR count). The Kier molecular flexibility index (Phi) is 10.6. The Morgan fingerprint density at radius 1 is 1.20 bits per heavy atom. The van der Waals surface area contributed by atoms with Gasteiger partial charge in [0.15, 0.2) is 5.96 Å². The predicted molar refractivity (Wildman–Crippen MR) is 133 cm³/mol. The first kappa shape index (κ1) is 24.6. The number of halogens is 1. The molecule has 1 aliphatic rings. The van der Waals surface area contributed by atoms with E-state index in [1.807, 2.05) is 0 Å². The Morgan fingerprint density at radius 3 is 2.67 bits per heavy atom. The van der Waals surface area contributed by atoms with Crippen molar-refractivity contribution in [2.24, 2.45) is 10.9 Å².